The van der Waals surface area contributed by atoms with Crippen molar-refractivity contribution in [2.45, 2.75) is 44.9 Å². The summed E-state index contributed by atoms with van der Waals surface area (Å²) in [6.45, 7) is 3.56. The average molecular weight is 575 g/mol. The summed E-state index contributed by atoms with van der Waals surface area (Å²) in [7, 11) is 0. The molecule has 0 saturated heterocycles. The highest BCUT2D eigenvalue weighted by atomic mass is 16.3. The molecule has 3 aliphatic rings. The fourth-order valence-corrected chi connectivity index (χ4v) is 6.83. The molecule has 9 heteroatoms. The van der Waals surface area contributed by atoms with Gasteiger partial charge in [-0.3, -0.25) is 33.8 Å². The fourth-order valence-electron chi connectivity index (χ4n) is 6.83. The topological polar surface area (TPSA) is 103 Å². The Bertz CT molecular complexity index is 1800. The Labute approximate surface area is 248 Å². The van der Waals surface area contributed by atoms with Gasteiger partial charge in [0.2, 0.25) is 5.43 Å². The molecule has 3 amide bonds. The van der Waals surface area contributed by atoms with Crippen molar-refractivity contribution < 1.29 is 19.5 Å². The molecule has 216 valence electrons. The van der Waals surface area contributed by atoms with E-state index in [1.807, 2.05) is 43.1 Å². The third-order valence-electron chi connectivity index (χ3n) is 8.77. The third-order valence-corrected chi connectivity index (χ3v) is 8.77. The summed E-state index contributed by atoms with van der Waals surface area (Å²) in [5, 5.41) is 13.0. The molecule has 0 saturated carbocycles. The third kappa shape index (κ3) is 3.99. The fraction of sp³-hybridized carbons (Fsp3) is 0.235. The first-order valence-electron chi connectivity index (χ1n) is 14.4. The van der Waals surface area contributed by atoms with Crippen molar-refractivity contribution in [3.8, 4) is 5.75 Å². The number of carbonyl (C=O) groups is 3. The van der Waals surface area contributed by atoms with Crippen molar-refractivity contribution in [3.63, 3.8) is 0 Å². The predicted molar refractivity (Wildman–Crippen MR) is 160 cm³/mol. The lowest BCUT2D eigenvalue weighted by Crippen LogP contribution is -2.67. The van der Waals surface area contributed by atoms with Gasteiger partial charge in [0.15, 0.2) is 11.4 Å². The summed E-state index contributed by atoms with van der Waals surface area (Å²) < 4.78 is 1.55. The van der Waals surface area contributed by atoms with Crippen LogP contribution in [0.25, 0.3) is 0 Å². The highest BCUT2D eigenvalue weighted by molar-refractivity contribution is 6.21. The number of benzene rings is 3. The van der Waals surface area contributed by atoms with E-state index in [1.54, 1.807) is 33.8 Å². The van der Waals surface area contributed by atoms with E-state index in [9.17, 15) is 24.3 Å². The molecule has 0 spiro atoms. The van der Waals surface area contributed by atoms with Crippen LogP contribution in [0.15, 0.2) is 89.9 Å². The van der Waals surface area contributed by atoms with Crippen molar-refractivity contribution in [1.29, 1.82) is 0 Å². The zero-order valence-corrected chi connectivity index (χ0v) is 23.8. The van der Waals surface area contributed by atoms with E-state index in [0.29, 0.717) is 11.1 Å². The van der Waals surface area contributed by atoms with Crippen LogP contribution in [0.2, 0.25) is 0 Å². The maximum atomic E-state index is 14.2. The first-order chi connectivity index (χ1) is 20.8. The lowest BCUT2D eigenvalue weighted by atomic mass is 9.93. The van der Waals surface area contributed by atoms with Gasteiger partial charge < -0.3 is 10.0 Å². The zero-order valence-electron chi connectivity index (χ0n) is 23.8. The SMILES string of the molecule is CC(C)N1C(=O)c2c(O)c(=O)ccn2N(C2c3ccccc3CCc3ccccc32)C1CN1C(=O)c2ccccc2C1=O. The summed E-state index contributed by atoms with van der Waals surface area (Å²) in [6, 6.07) is 23.3. The monoisotopic (exact) mass is 574 g/mol. The van der Waals surface area contributed by atoms with Crippen LogP contribution in [0.1, 0.15) is 73.3 Å². The second kappa shape index (κ2) is 9.97. The van der Waals surface area contributed by atoms with Crippen LogP contribution in [-0.2, 0) is 12.8 Å². The Morgan fingerprint density at radius 2 is 1.28 bits per heavy atom. The summed E-state index contributed by atoms with van der Waals surface area (Å²) in [4.78, 5) is 56.8. The van der Waals surface area contributed by atoms with Crippen LogP contribution in [0, 0.1) is 0 Å². The minimum Gasteiger partial charge on any atom is -0.502 e. The Morgan fingerprint density at radius 3 is 1.84 bits per heavy atom. The number of rotatable bonds is 4. The number of carbonyl (C=O) groups excluding carboxylic acids is 3. The van der Waals surface area contributed by atoms with Crippen molar-refractivity contribution in [3.05, 3.63) is 134 Å². The normalized spacial score (nSPS) is 18.0. The molecule has 1 unspecified atom stereocenters. The number of aromatic nitrogens is 1. The van der Waals surface area contributed by atoms with Crippen LogP contribution in [-0.4, -0.2) is 56.1 Å². The number of aryl methyl sites for hydroxylation is 2. The van der Waals surface area contributed by atoms with Gasteiger partial charge in [0.05, 0.1) is 23.7 Å². The van der Waals surface area contributed by atoms with Gasteiger partial charge in [-0.25, -0.2) is 0 Å². The number of nitrogens with zero attached hydrogens (tertiary/aromatic N) is 4. The molecule has 43 heavy (non-hydrogen) atoms. The van der Waals surface area contributed by atoms with E-state index in [-0.39, 0.29) is 12.2 Å². The average Bonchev–Trinajstić information content (AvgIpc) is 3.14. The number of hydrogen-bond acceptors (Lipinski definition) is 6. The zero-order chi connectivity index (χ0) is 30.0. The molecule has 1 N–H and O–H groups in total. The molecule has 3 heterocycles. The molecule has 1 aliphatic carbocycles. The molecule has 7 rings (SSSR count). The van der Waals surface area contributed by atoms with E-state index >= 15 is 0 Å². The Balaban J connectivity index is 1.49. The lowest BCUT2D eigenvalue weighted by molar-refractivity contribution is 0.0343. The van der Waals surface area contributed by atoms with Gasteiger partial charge in [0.25, 0.3) is 17.7 Å². The second-order valence-corrected chi connectivity index (χ2v) is 11.5. The summed E-state index contributed by atoms with van der Waals surface area (Å²) in [5.41, 5.74) is 4.09. The number of fused-ring (bicyclic) bond motifs is 4. The van der Waals surface area contributed by atoms with Gasteiger partial charge in [-0.15, -0.1) is 0 Å². The molecule has 0 radical (unpaired) electrons. The molecule has 2 aliphatic heterocycles. The van der Waals surface area contributed by atoms with E-state index < -0.39 is 47.1 Å². The van der Waals surface area contributed by atoms with Crippen LogP contribution >= 0.6 is 0 Å². The predicted octanol–water partition coefficient (Wildman–Crippen LogP) is 3.87. The summed E-state index contributed by atoms with van der Waals surface area (Å²) in [6.07, 6.45) is 2.26. The van der Waals surface area contributed by atoms with Crippen LogP contribution in [0.5, 0.6) is 5.75 Å². The minimum absolute atomic E-state index is 0.122. The molecule has 1 aromatic heterocycles. The van der Waals surface area contributed by atoms with Crippen LogP contribution in [0.3, 0.4) is 0 Å². The molecule has 3 aromatic carbocycles. The van der Waals surface area contributed by atoms with Crippen molar-refractivity contribution in [2.75, 3.05) is 11.6 Å². The molecular formula is C34H30N4O5. The number of pyridine rings is 1. The molecule has 0 bridgehead atoms. The quantitative estimate of drug-likeness (QED) is 0.372. The summed E-state index contributed by atoms with van der Waals surface area (Å²) in [5.74, 6) is -2.05. The van der Waals surface area contributed by atoms with Gasteiger partial charge in [-0.05, 0) is 61.1 Å². The Hall–Kier alpha value is -5.18. The molecule has 0 fully saturated rings. The van der Waals surface area contributed by atoms with Gasteiger partial charge in [0, 0.05) is 18.3 Å². The molecule has 1 atom stereocenters. The second-order valence-electron chi connectivity index (χ2n) is 11.5. The Kier molecular flexibility index (Phi) is 6.19. The van der Waals surface area contributed by atoms with Crippen LogP contribution < -0.4 is 10.4 Å². The largest absolute Gasteiger partial charge is 0.502 e. The first-order valence-corrected chi connectivity index (χ1v) is 14.4. The molecule has 4 aromatic rings. The molecular weight excluding hydrogens is 544 g/mol. The maximum Gasteiger partial charge on any atom is 0.278 e. The number of hydrogen-bond donors (Lipinski definition) is 1. The number of imide groups is 1. The van der Waals surface area contributed by atoms with Crippen molar-refractivity contribution in [1.82, 2.24) is 14.5 Å². The van der Waals surface area contributed by atoms with Gasteiger partial charge in [0.1, 0.15) is 6.17 Å². The molecule has 9 nitrogen and oxygen atoms in total. The van der Waals surface area contributed by atoms with E-state index in [4.69, 9.17) is 0 Å². The highest BCUT2D eigenvalue weighted by Crippen LogP contribution is 2.41. The number of amides is 3. The van der Waals surface area contributed by atoms with Gasteiger partial charge in [-0.2, -0.15) is 0 Å². The van der Waals surface area contributed by atoms with E-state index in [0.717, 1.165) is 35.1 Å². The van der Waals surface area contributed by atoms with Gasteiger partial charge >= 0.3 is 0 Å². The lowest BCUT2D eigenvalue weighted by Gasteiger charge is -2.52. The van der Waals surface area contributed by atoms with E-state index in [1.165, 1.54) is 17.2 Å². The van der Waals surface area contributed by atoms with Gasteiger partial charge in [-0.1, -0.05) is 60.7 Å². The first kappa shape index (κ1) is 26.7. The van der Waals surface area contributed by atoms with Crippen LogP contribution in [0.4, 0.5) is 0 Å². The summed E-state index contributed by atoms with van der Waals surface area (Å²) >= 11 is 0. The number of aromatic hydroxyl groups is 1. The maximum absolute atomic E-state index is 14.2. The standard InChI is InChI=1S/C34H30N4O5/c1-20(2)37-28(19-35-32(41)25-13-7-8-14-26(25)33(35)42)38(36-18-17-27(39)31(40)30(36)34(37)43)29-23-11-5-3-9-21(23)15-16-22-10-4-6-12-24(22)29/h3-14,17-18,20,28-29,40H,15-16,19H2,1-2H3. The van der Waals surface area contributed by atoms with E-state index in [2.05, 4.69) is 24.3 Å². The van der Waals surface area contributed by atoms with Crippen molar-refractivity contribution >= 4 is 17.7 Å². The Morgan fingerprint density at radius 1 is 0.744 bits per heavy atom. The highest BCUT2D eigenvalue weighted by Gasteiger charge is 2.48. The van der Waals surface area contributed by atoms with Crippen molar-refractivity contribution in [2.24, 2.45) is 0 Å². The minimum atomic E-state index is -0.840. The smallest absolute Gasteiger partial charge is 0.278 e.